The summed E-state index contributed by atoms with van der Waals surface area (Å²) in [4.78, 5) is 14.5. The zero-order chi connectivity index (χ0) is 31.5. The van der Waals surface area contributed by atoms with E-state index in [4.69, 9.17) is 14.6 Å². The number of piperidine rings is 1. The summed E-state index contributed by atoms with van der Waals surface area (Å²) in [6.07, 6.45) is -0.0131. The minimum absolute atomic E-state index is 0.125. The minimum atomic E-state index is -4.89. The second-order valence-corrected chi connectivity index (χ2v) is 11.1. The van der Waals surface area contributed by atoms with Gasteiger partial charge in [-0.3, -0.25) is 4.79 Å². The summed E-state index contributed by atoms with van der Waals surface area (Å²) in [5, 5.41) is 17.0. The maximum absolute atomic E-state index is 15.3. The van der Waals surface area contributed by atoms with E-state index in [1.54, 1.807) is 19.2 Å². The van der Waals surface area contributed by atoms with Crippen molar-refractivity contribution in [1.82, 2.24) is 4.98 Å². The molecular formula is C32H35F5N2O4. The molecule has 2 unspecified atom stereocenters. The van der Waals surface area contributed by atoms with E-state index in [1.807, 2.05) is 24.8 Å². The van der Waals surface area contributed by atoms with Gasteiger partial charge >= 0.3 is 6.18 Å². The van der Waals surface area contributed by atoms with Crippen molar-refractivity contribution >= 4 is 12.2 Å². The first-order valence-corrected chi connectivity index (χ1v) is 14.3. The number of benzene rings is 2. The maximum atomic E-state index is 15.3. The average molecular weight is 607 g/mol. The summed E-state index contributed by atoms with van der Waals surface area (Å²) in [7, 11) is 0. The van der Waals surface area contributed by atoms with Crippen LogP contribution in [0.5, 0.6) is 5.88 Å². The molecule has 43 heavy (non-hydrogen) atoms. The summed E-state index contributed by atoms with van der Waals surface area (Å²) in [6.45, 7) is 6.14. The summed E-state index contributed by atoms with van der Waals surface area (Å²) >= 11 is 0. The van der Waals surface area contributed by atoms with Gasteiger partial charge < -0.3 is 19.8 Å². The molecule has 2 aliphatic carbocycles. The molecule has 1 saturated carbocycles. The first-order chi connectivity index (χ1) is 20.4. The van der Waals surface area contributed by atoms with Crippen LogP contribution >= 0.6 is 0 Å². The number of carboxylic acid groups (broad SMARTS) is 1. The Labute approximate surface area is 247 Å². The molecule has 2 aromatic carbocycles. The van der Waals surface area contributed by atoms with Gasteiger partial charge in [-0.2, -0.15) is 13.2 Å². The fraction of sp³-hybridized carbons (Fsp3) is 0.438. The number of halogens is 5. The molecule has 0 radical (unpaired) electrons. The van der Waals surface area contributed by atoms with Crippen LogP contribution in [-0.4, -0.2) is 40.4 Å². The lowest BCUT2D eigenvalue weighted by atomic mass is 9.93. The fourth-order valence-corrected chi connectivity index (χ4v) is 5.72. The van der Waals surface area contributed by atoms with E-state index in [-0.39, 0.29) is 30.1 Å². The molecule has 0 amide bonds. The summed E-state index contributed by atoms with van der Waals surface area (Å²) < 4.78 is 77.4. The molecule has 6 rings (SSSR count). The van der Waals surface area contributed by atoms with Crippen LogP contribution in [0.25, 0.3) is 11.1 Å². The topological polar surface area (TPSA) is 82.9 Å². The molecule has 0 bridgehead atoms. The van der Waals surface area contributed by atoms with Crippen molar-refractivity contribution in [1.29, 1.82) is 0 Å². The monoisotopic (exact) mass is 606 g/mol. The number of aromatic nitrogens is 1. The zero-order valence-electron chi connectivity index (χ0n) is 24.2. The predicted octanol–water partition coefficient (Wildman–Crippen LogP) is 7.36. The number of anilines is 1. The van der Waals surface area contributed by atoms with E-state index in [1.165, 1.54) is 24.1 Å². The highest BCUT2D eigenvalue weighted by molar-refractivity contribution is 5.72. The van der Waals surface area contributed by atoms with E-state index in [2.05, 4.69) is 4.98 Å². The van der Waals surface area contributed by atoms with Crippen molar-refractivity contribution in [2.45, 2.75) is 70.8 Å². The maximum Gasteiger partial charge on any atom is 0.417 e. The number of rotatable bonds is 5. The Bertz CT molecular complexity index is 1450. The smallest absolute Gasteiger partial charge is 0.417 e. The van der Waals surface area contributed by atoms with Crippen LogP contribution in [0.3, 0.4) is 0 Å². The second-order valence-electron chi connectivity index (χ2n) is 11.1. The first-order valence-electron chi connectivity index (χ1n) is 14.3. The van der Waals surface area contributed by atoms with Crippen molar-refractivity contribution in [3.8, 4) is 17.0 Å². The number of nitrogens with zero attached hydrogens (tertiary/aromatic N) is 2. The molecule has 3 aromatic rings. The van der Waals surface area contributed by atoms with Crippen molar-refractivity contribution < 1.29 is 41.7 Å². The first kappa shape index (κ1) is 32.2. The van der Waals surface area contributed by atoms with Gasteiger partial charge in [-0.05, 0) is 91.5 Å². The zero-order valence-corrected chi connectivity index (χ0v) is 24.2. The summed E-state index contributed by atoms with van der Waals surface area (Å²) in [5.74, 6) is -0.430. The normalized spacial score (nSPS) is 19.6. The van der Waals surface area contributed by atoms with Gasteiger partial charge in [-0.1, -0.05) is 13.8 Å². The number of hydrogen-bond acceptors (Lipinski definition) is 5. The molecule has 1 aliphatic heterocycles. The number of alkyl halides is 3. The Balaban J connectivity index is 0.000000798. The number of fused-ring (bicyclic) bond motifs is 3. The van der Waals surface area contributed by atoms with Gasteiger partial charge in [-0.15, -0.1) is 0 Å². The third-order valence-electron chi connectivity index (χ3n) is 8.12. The second kappa shape index (κ2) is 12.9. The number of carbonyl (C=O) groups is 1. The van der Waals surface area contributed by atoms with Crippen LogP contribution in [0.1, 0.15) is 68.2 Å². The van der Waals surface area contributed by atoms with Crippen LogP contribution in [0.2, 0.25) is 0 Å². The van der Waals surface area contributed by atoms with Crippen molar-refractivity contribution in [2.75, 3.05) is 18.0 Å². The molecule has 3 aliphatic rings. The van der Waals surface area contributed by atoms with Crippen molar-refractivity contribution in [3.63, 3.8) is 0 Å². The van der Waals surface area contributed by atoms with Crippen LogP contribution in [0, 0.1) is 17.6 Å². The number of aliphatic hydroxyl groups is 1. The van der Waals surface area contributed by atoms with E-state index < -0.39 is 34.5 Å². The molecule has 2 fully saturated rings. The minimum Gasteiger partial charge on any atom is -0.483 e. The number of ether oxygens (including phenoxy) is 1. The molecule has 2 heterocycles. The Morgan fingerprint density at radius 1 is 1.07 bits per heavy atom. The molecule has 0 spiro atoms. The highest BCUT2D eigenvalue weighted by Gasteiger charge is 2.45. The van der Waals surface area contributed by atoms with Crippen LogP contribution in [0.15, 0.2) is 42.6 Å². The highest BCUT2D eigenvalue weighted by atomic mass is 19.4. The largest absolute Gasteiger partial charge is 0.483 e. The van der Waals surface area contributed by atoms with Crippen molar-refractivity contribution in [2.24, 2.45) is 5.92 Å². The fourth-order valence-electron chi connectivity index (χ4n) is 5.72. The summed E-state index contributed by atoms with van der Waals surface area (Å²) in [5.41, 5.74) is -0.0379. The molecule has 6 nitrogen and oxygen atoms in total. The van der Waals surface area contributed by atoms with Gasteiger partial charge in [-0.25, -0.2) is 13.8 Å². The average Bonchev–Trinajstić information content (AvgIpc) is 3.63. The number of hydrogen-bond donors (Lipinski definition) is 2. The van der Waals surface area contributed by atoms with Gasteiger partial charge in [0.1, 0.15) is 18.2 Å². The van der Waals surface area contributed by atoms with Crippen LogP contribution in [0.4, 0.5) is 27.6 Å². The Morgan fingerprint density at radius 2 is 1.74 bits per heavy atom. The molecule has 1 saturated heterocycles. The molecular weight excluding hydrogens is 571 g/mol. The standard InChI is InChI=1S/C29H27F5N2O2.C2H6.CH2O2/c1-28(37)4-6-36(7-5-28)19-2-3-20(26(31)12-19)22-10-18(25(30)13-24(22)29(32,33)34)15-38-27-11-17-8-16-9-21(16)23(17)14-35-27;1-2;2-1-3/h2-3,10-14,16,21,37H,4-9,15H2,1H3;1-2H3;1H,(H,2,3). The van der Waals surface area contributed by atoms with E-state index in [9.17, 15) is 22.7 Å². The third kappa shape index (κ3) is 7.26. The van der Waals surface area contributed by atoms with Crippen molar-refractivity contribution in [3.05, 3.63) is 76.5 Å². The van der Waals surface area contributed by atoms with Gasteiger partial charge in [0.15, 0.2) is 0 Å². The molecule has 232 valence electrons. The third-order valence-corrected chi connectivity index (χ3v) is 8.12. The van der Waals surface area contributed by atoms with Gasteiger partial charge in [0.05, 0.1) is 11.2 Å². The quantitative estimate of drug-likeness (QED) is 0.233. The van der Waals surface area contributed by atoms with Crippen LogP contribution in [-0.2, 0) is 24.0 Å². The molecule has 11 heteroatoms. The number of pyridine rings is 1. The van der Waals surface area contributed by atoms with E-state index in [0.717, 1.165) is 18.1 Å². The Kier molecular flexibility index (Phi) is 9.63. The van der Waals surface area contributed by atoms with E-state index in [0.29, 0.717) is 49.5 Å². The molecule has 1 aromatic heterocycles. The van der Waals surface area contributed by atoms with E-state index >= 15 is 4.39 Å². The summed E-state index contributed by atoms with van der Waals surface area (Å²) in [6, 6.07) is 7.25. The predicted molar refractivity (Wildman–Crippen MR) is 152 cm³/mol. The van der Waals surface area contributed by atoms with Crippen LogP contribution < -0.4 is 9.64 Å². The Hall–Kier alpha value is -3.73. The van der Waals surface area contributed by atoms with Gasteiger partial charge in [0, 0.05) is 42.2 Å². The molecule has 2 atom stereocenters. The lowest BCUT2D eigenvalue weighted by Gasteiger charge is -2.37. The molecule has 2 N–H and O–H groups in total. The lowest BCUT2D eigenvalue weighted by molar-refractivity contribution is -0.137. The van der Waals surface area contributed by atoms with Gasteiger partial charge in [0.2, 0.25) is 5.88 Å². The highest BCUT2D eigenvalue weighted by Crippen LogP contribution is 2.56. The lowest BCUT2D eigenvalue weighted by Crippen LogP contribution is -2.42. The Morgan fingerprint density at radius 3 is 2.37 bits per heavy atom. The SMILES string of the molecule is CC.CC1(O)CCN(c2ccc(-c3cc(COc4cc5c(cn4)C4CC4C5)c(F)cc3C(F)(F)F)c(F)c2)CC1.O=CO. The van der Waals surface area contributed by atoms with Gasteiger partial charge in [0.25, 0.3) is 6.47 Å².